The fourth-order valence-electron chi connectivity index (χ4n) is 2.85. The molecule has 150 valence electrons. The molecule has 0 N–H and O–H groups in total. The van der Waals surface area contributed by atoms with Crippen molar-refractivity contribution in [1.82, 2.24) is 4.98 Å². The first-order chi connectivity index (χ1) is 14.1. The van der Waals surface area contributed by atoms with Crippen LogP contribution in [0.4, 0.5) is 5.69 Å². The van der Waals surface area contributed by atoms with Crippen LogP contribution in [0.3, 0.4) is 0 Å². The summed E-state index contributed by atoms with van der Waals surface area (Å²) in [5.41, 5.74) is 3.94. The van der Waals surface area contributed by atoms with Gasteiger partial charge in [0.1, 0.15) is 12.4 Å². The number of hydrogen-bond acceptors (Lipinski definition) is 6. The van der Waals surface area contributed by atoms with E-state index in [-0.39, 0.29) is 12.5 Å². The summed E-state index contributed by atoms with van der Waals surface area (Å²) in [5, 5.41) is 1.92. The van der Waals surface area contributed by atoms with E-state index in [9.17, 15) is 9.59 Å². The molecule has 0 unspecified atom stereocenters. The number of carbonyl (C=O) groups is 2. The largest absolute Gasteiger partial charge is 0.487 e. The molecule has 29 heavy (non-hydrogen) atoms. The van der Waals surface area contributed by atoms with Crippen LogP contribution in [0.2, 0.25) is 0 Å². The predicted octanol–water partition coefficient (Wildman–Crippen LogP) is 4.57. The third-order valence-corrected chi connectivity index (χ3v) is 4.84. The first-order valence-corrected chi connectivity index (χ1v) is 10.3. The van der Waals surface area contributed by atoms with E-state index in [2.05, 4.69) is 4.98 Å². The molecule has 3 aromatic rings. The van der Waals surface area contributed by atoms with Gasteiger partial charge in [-0.2, -0.15) is 0 Å². The fraction of sp³-hybridized carbons (Fsp3) is 0.227. The van der Waals surface area contributed by atoms with Crippen LogP contribution in [-0.2, 0) is 11.3 Å². The summed E-state index contributed by atoms with van der Waals surface area (Å²) in [7, 11) is 0. The highest BCUT2D eigenvalue weighted by atomic mass is 32.1. The molecule has 0 aliphatic rings. The highest BCUT2D eigenvalue weighted by Gasteiger charge is 2.22. The minimum Gasteiger partial charge on any atom is -0.487 e. The molecule has 0 aliphatic heterocycles. The van der Waals surface area contributed by atoms with E-state index in [1.54, 1.807) is 65.9 Å². The van der Waals surface area contributed by atoms with E-state index in [0.29, 0.717) is 35.7 Å². The number of para-hydroxylation sites is 1. The predicted molar refractivity (Wildman–Crippen MR) is 113 cm³/mol. The number of amides is 1. The number of anilines is 1. The summed E-state index contributed by atoms with van der Waals surface area (Å²) >= 11 is 1.50. The third-order valence-electron chi connectivity index (χ3n) is 4.20. The van der Waals surface area contributed by atoms with Crippen LogP contribution in [0, 0.1) is 0 Å². The van der Waals surface area contributed by atoms with Gasteiger partial charge in [-0.05, 0) is 44.2 Å². The van der Waals surface area contributed by atoms with Crippen molar-refractivity contribution in [3.05, 3.63) is 76.2 Å². The maximum Gasteiger partial charge on any atom is 0.340 e. The average Bonchev–Trinajstić information content (AvgIpc) is 3.27. The van der Waals surface area contributed by atoms with E-state index < -0.39 is 5.97 Å². The van der Waals surface area contributed by atoms with Crippen molar-refractivity contribution in [2.45, 2.75) is 20.5 Å². The molecule has 0 saturated carbocycles. The van der Waals surface area contributed by atoms with Gasteiger partial charge in [0, 0.05) is 17.5 Å². The van der Waals surface area contributed by atoms with Crippen LogP contribution in [-0.4, -0.2) is 30.0 Å². The zero-order chi connectivity index (χ0) is 20.6. The van der Waals surface area contributed by atoms with Crippen LogP contribution in [0.25, 0.3) is 0 Å². The van der Waals surface area contributed by atoms with Gasteiger partial charge in [0.25, 0.3) is 5.91 Å². The van der Waals surface area contributed by atoms with E-state index in [1.807, 2.05) is 12.3 Å². The Balaban J connectivity index is 1.83. The molecule has 0 atom stereocenters. The monoisotopic (exact) mass is 410 g/mol. The second kappa shape index (κ2) is 9.84. The zero-order valence-corrected chi connectivity index (χ0v) is 17.1. The Hall–Kier alpha value is -3.19. The minimum absolute atomic E-state index is 0.219. The number of thiazole rings is 1. The smallest absolute Gasteiger partial charge is 0.340 e. The number of nitrogens with zero attached hydrogens (tertiary/aromatic N) is 2. The number of carbonyl (C=O) groups excluding carboxylic acids is 2. The first-order valence-electron chi connectivity index (χ1n) is 9.32. The number of rotatable bonds is 8. The highest BCUT2D eigenvalue weighted by Crippen LogP contribution is 2.24. The lowest BCUT2D eigenvalue weighted by molar-refractivity contribution is 0.0527. The molecule has 2 aromatic carbocycles. The van der Waals surface area contributed by atoms with Gasteiger partial charge >= 0.3 is 5.97 Å². The molecule has 0 saturated heterocycles. The van der Waals surface area contributed by atoms with Crippen molar-refractivity contribution in [3.63, 3.8) is 0 Å². The second-order valence-electron chi connectivity index (χ2n) is 6.08. The molecule has 0 fully saturated rings. The molecule has 1 heterocycles. The molecule has 0 aliphatic carbocycles. The van der Waals surface area contributed by atoms with Gasteiger partial charge in [-0.3, -0.25) is 4.79 Å². The standard InChI is InChI=1S/C22H22N2O4S/c1-3-24(20-11-6-5-10-19(20)22(26)27-4-2)21(25)16-8-7-9-18(12-16)28-13-17-14-29-15-23-17/h5-12,14-15H,3-4,13H2,1-2H3. The maximum absolute atomic E-state index is 13.2. The van der Waals surface area contributed by atoms with Gasteiger partial charge in [0.2, 0.25) is 0 Å². The summed E-state index contributed by atoms with van der Waals surface area (Å²) in [4.78, 5) is 31.3. The van der Waals surface area contributed by atoms with Gasteiger partial charge in [-0.1, -0.05) is 18.2 Å². The molecule has 6 nitrogen and oxygen atoms in total. The maximum atomic E-state index is 13.2. The van der Waals surface area contributed by atoms with Crippen molar-refractivity contribution in [2.75, 3.05) is 18.1 Å². The molecular weight excluding hydrogens is 388 g/mol. The number of benzene rings is 2. The van der Waals surface area contributed by atoms with Crippen molar-refractivity contribution < 1.29 is 19.1 Å². The van der Waals surface area contributed by atoms with Gasteiger partial charge in [-0.15, -0.1) is 11.3 Å². The van der Waals surface area contributed by atoms with Crippen molar-refractivity contribution in [3.8, 4) is 5.75 Å². The number of aromatic nitrogens is 1. The Morgan fingerprint density at radius 2 is 1.93 bits per heavy atom. The van der Waals surface area contributed by atoms with E-state index >= 15 is 0 Å². The second-order valence-corrected chi connectivity index (χ2v) is 6.80. The van der Waals surface area contributed by atoms with Crippen LogP contribution in [0.5, 0.6) is 5.75 Å². The Labute approximate surface area is 173 Å². The molecule has 0 spiro atoms. The normalized spacial score (nSPS) is 10.4. The Bertz CT molecular complexity index is 972. The van der Waals surface area contributed by atoms with Crippen LogP contribution in [0.15, 0.2) is 59.4 Å². The van der Waals surface area contributed by atoms with Crippen molar-refractivity contribution in [1.29, 1.82) is 0 Å². The Kier molecular flexibility index (Phi) is 6.97. The summed E-state index contributed by atoms with van der Waals surface area (Å²) in [6.45, 7) is 4.62. The minimum atomic E-state index is -0.449. The summed E-state index contributed by atoms with van der Waals surface area (Å²) in [6, 6.07) is 14.0. The summed E-state index contributed by atoms with van der Waals surface area (Å²) < 4.78 is 10.9. The third kappa shape index (κ3) is 5.00. The van der Waals surface area contributed by atoms with E-state index in [0.717, 1.165) is 5.69 Å². The average molecular weight is 410 g/mol. The lowest BCUT2D eigenvalue weighted by Gasteiger charge is -2.23. The Morgan fingerprint density at radius 3 is 2.66 bits per heavy atom. The van der Waals surface area contributed by atoms with Gasteiger partial charge in [0.15, 0.2) is 0 Å². The topological polar surface area (TPSA) is 68.7 Å². The van der Waals surface area contributed by atoms with Crippen LogP contribution < -0.4 is 9.64 Å². The van der Waals surface area contributed by atoms with Crippen LogP contribution in [0.1, 0.15) is 40.3 Å². The first kappa shape index (κ1) is 20.5. The SMILES string of the molecule is CCOC(=O)c1ccccc1N(CC)C(=O)c1cccc(OCc2cscn2)c1. The number of hydrogen-bond donors (Lipinski definition) is 0. The fourth-order valence-corrected chi connectivity index (χ4v) is 3.40. The van der Waals surface area contributed by atoms with Crippen molar-refractivity contribution in [2.24, 2.45) is 0 Å². The molecule has 1 aromatic heterocycles. The lowest BCUT2D eigenvalue weighted by Crippen LogP contribution is -2.32. The van der Waals surface area contributed by atoms with E-state index in [1.165, 1.54) is 11.3 Å². The number of esters is 1. The molecule has 7 heteroatoms. The quantitative estimate of drug-likeness (QED) is 0.509. The van der Waals surface area contributed by atoms with Gasteiger partial charge in [-0.25, -0.2) is 9.78 Å². The van der Waals surface area contributed by atoms with E-state index in [4.69, 9.17) is 9.47 Å². The molecule has 3 rings (SSSR count). The highest BCUT2D eigenvalue weighted by molar-refractivity contribution is 7.07. The lowest BCUT2D eigenvalue weighted by atomic mass is 10.1. The molecular formula is C22H22N2O4S. The number of ether oxygens (including phenoxy) is 2. The van der Waals surface area contributed by atoms with Crippen LogP contribution >= 0.6 is 11.3 Å². The zero-order valence-electron chi connectivity index (χ0n) is 16.3. The molecule has 1 amide bonds. The van der Waals surface area contributed by atoms with Crippen molar-refractivity contribution >= 4 is 28.9 Å². The Morgan fingerprint density at radius 1 is 1.10 bits per heavy atom. The summed E-state index contributed by atoms with van der Waals surface area (Å²) in [6.07, 6.45) is 0. The van der Waals surface area contributed by atoms with Gasteiger partial charge < -0.3 is 14.4 Å². The molecule has 0 bridgehead atoms. The summed E-state index contributed by atoms with van der Waals surface area (Å²) in [5.74, 6) is -0.0864. The van der Waals surface area contributed by atoms with Gasteiger partial charge in [0.05, 0.1) is 29.1 Å². The molecule has 0 radical (unpaired) electrons.